The molecule has 1 aromatic heterocycles. The Kier molecular flexibility index (Phi) is 4.98. The summed E-state index contributed by atoms with van der Waals surface area (Å²) in [6, 6.07) is 8.15. The monoisotopic (exact) mass is 371 g/mol. The molecule has 0 spiro atoms. The Morgan fingerprint density at radius 2 is 1.93 bits per heavy atom. The number of ether oxygens (including phenoxy) is 2. The lowest BCUT2D eigenvalue weighted by atomic mass is 9.98. The summed E-state index contributed by atoms with van der Waals surface area (Å²) in [7, 11) is 3.26. The number of aromatic nitrogens is 3. The van der Waals surface area contributed by atoms with Gasteiger partial charge in [0.2, 0.25) is 0 Å². The smallest absolute Gasteiger partial charge is 0.322 e. The number of amides is 2. The number of carbonyl (C=O) groups is 1. The standard InChI is InChI=1S/C19H25N5O3/c1-26-12-13-11-23(22-21-13)16-9-14-7-8-15(10-16)24(14)19(25)20-17-5-3-4-6-18(17)27-2/h3-6,11,14-16H,7-10,12H2,1-2H3,(H,20,25). The molecule has 0 aliphatic carbocycles. The van der Waals surface area contributed by atoms with Crippen LogP contribution in [0.3, 0.4) is 0 Å². The van der Waals surface area contributed by atoms with Crippen molar-refractivity contribution < 1.29 is 14.3 Å². The van der Waals surface area contributed by atoms with Gasteiger partial charge in [-0.05, 0) is 37.8 Å². The molecule has 2 atom stereocenters. The third-order valence-corrected chi connectivity index (χ3v) is 5.52. The number of fused-ring (bicyclic) bond motifs is 2. The molecule has 144 valence electrons. The van der Waals surface area contributed by atoms with Gasteiger partial charge in [-0.1, -0.05) is 17.3 Å². The van der Waals surface area contributed by atoms with E-state index in [9.17, 15) is 4.79 Å². The normalized spacial score (nSPS) is 24.1. The number of benzene rings is 1. The minimum absolute atomic E-state index is 0.0517. The largest absolute Gasteiger partial charge is 0.495 e. The van der Waals surface area contributed by atoms with Crippen LogP contribution in [0.15, 0.2) is 30.5 Å². The van der Waals surface area contributed by atoms with Gasteiger partial charge in [0, 0.05) is 19.2 Å². The van der Waals surface area contributed by atoms with Crippen LogP contribution in [0.2, 0.25) is 0 Å². The van der Waals surface area contributed by atoms with E-state index in [1.165, 1.54) is 0 Å². The molecule has 2 aliphatic heterocycles. The lowest BCUT2D eigenvalue weighted by Gasteiger charge is -2.38. The maximum atomic E-state index is 12.9. The summed E-state index contributed by atoms with van der Waals surface area (Å²) in [5.41, 5.74) is 1.54. The van der Waals surface area contributed by atoms with Gasteiger partial charge < -0.3 is 19.7 Å². The van der Waals surface area contributed by atoms with Crippen LogP contribution in [0.1, 0.15) is 37.4 Å². The number of methoxy groups -OCH3 is 2. The van der Waals surface area contributed by atoms with Crippen molar-refractivity contribution in [2.75, 3.05) is 19.5 Å². The SMILES string of the molecule is COCc1cn(C2CC3CCC(C2)N3C(=O)Nc2ccccc2OC)nn1. The van der Waals surface area contributed by atoms with Crippen molar-refractivity contribution in [3.63, 3.8) is 0 Å². The zero-order valence-electron chi connectivity index (χ0n) is 15.7. The Balaban J connectivity index is 1.45. The van der Waals surface area contributed by atoms with Gasteiger partial charge in [0.25, 0.3) is 0 Å². The molecule has 8 heteroatoms. The molecule has 8 nitrogen and oxygen atoms in total. The van der Waals surface area contributed by atoms with Gasteiger partial charge in [-0.15, -0.1) is 5.10 Å². The highest BCUT2D eigenvalue weighted by molar-refractivity contribution is 5.91. The Morgan fingerprint density at radius 1 is 1.19 bits per heavy atom. The van der Waals surface area contributed by atoms with Crippen molar-refractivity contribution in [1.82, 2.24) is 19.9 Å². The average molecular weight is 371 g/mol. The fourth-order valence-electron chi connectivity index (χ4n) is 4.33. The Labute approximate surface area is 158 Å². The van der Waals surface area contributed by atoms with Crippen LogP contribution >= 0.6 is 0 Å². The van der Waals surface area contributed by atoms with Crippen molar-refractivity contribution in [3.05, 3.63) is 36.2 Å². The zero-order valence-corrected chi connectivity index (χ0v) is 15.7. The maximum absolute atomic E-state index is 12.9. The van der Waals surface area contributed by atoms with Crippen molar-refractivity contribution in [2.24, 2.45) is 0 Å². The second-order valence-electron chi connectivity index (χ2n) is 7.17. The van der Waals surface area contributed by atoms with Crippen LogP contribution in [-0.4, -0.2) is 52.2 Å². The summed E-state index contributed by atoms with van der Waals surface area (Å²) < 4.78 is 12.4. The number of urea groups is 1. The van der Waals surface area contributed by atoms with Gasteiger partial charge in [0.15, 0.2) is 0 Å². The zero-order chi connectivity index (χ0) is 18.8. The lowest BCUT2D eigenvalue weighted by Crippen LogP contribution is -2.48. The molecule has 2 saturated heterocycles. The first-order valence-electron chi connectivity index (χ1n) is 9.31. The quantitative estimate of drug-likeness (QED) is 0.874. The fraction of sp³-hybridized carbons (Fsp3) is 0.526. The number of hydrogen-bond donors (Lipinski definition) is 1. The van der Waals surface area contributed by atoms with Crippen molar-refractivity contribution in [1.29, 1.82) is 0 Å². The molecular weight excluding hydrogens is 346 g/mol. The number of nitrogens with zero attached hydrogens (tertiary/aromatic N) is 4. The molecule has 2 aromatic rings. The summed E-state index contributed by atoms with van der Waals surface area (Å²) in [5.74, 6) is 0.668. The van der Waals surface area contributed by atoms with E-state index >= 15 is 0 Å². The molecule has 0 radical (unpaired) electrons. The summed E-state index contributed by atoms with van der Waals surface area (Å²) in [6.45, 7) is 0.465. The molecule has 1 aromatic carbocycles. The number of rotatable bonds is 5. The number of piperidine rings is 1. The molecule has 2 fully saturated rings. The number of hydrogen-bond acceptors (Lipinski definition) is 5. The molecular formula is C19H25N5O3. The first kappa shape index (κ1) is 17.8. The maximum Gasteiger partial charge on any atom is 0.322 e. The number of anilines is 1. The van der Waals surface area contributed by atoms with Crippen LogP contribution in [0.25, 0.3) is 0 Å². The molecule has 1 N–H and O–H groups in total. The highest BCUT2D eigenvalue weighted by Gasteiger charge is 2.44. The van der Waals surface area contributed by atoms with E-state index < -0.39 is 0 Å². The highest BCUT2D eigenvalue weighted by atomic mass is 16.5. The molecule has 0 saturated carbocycles. The molecule has 2 aliphatic rings. The van der Waals surface area contributed by atoms with E-state index in [1.807, 2.05) is 40.0 Å². The van der Waals surface area contributed by atoms with Crippen LogP contribution in [-0.2, 0) is 11.3 Å². The molecule has 2 unspecified atom stereocenters. The Bertz CT molecular complexity index is 794. The van der Waals surface area contributed by atoms with Gasteiger partial charge in [-0.3, -0.25) is 0 Å². The van der Waals surface area contributed by atoms with Crippen molar-refractivity contribution in [3.8, 4) is 5.75 Å². The van der Waals surface area contributed by atoms with Crippen LogP contribution in [0.4, 0.5) is 10.5 Å². The molecule has 2 amide bonds. The third kappa shape index (κ3) is 3.49. The fourth-order valence-corrected chi connectivity index (χ4v) is 4.33. The van der Waals surface area contributed by atoms with E-state index in [1.54, 1.807) is 14.2 Å². The molecule has 27 heavy (non-hydrogen) atoms. The minimum atomic E-state index is -0.0517. The van der Waals surface area contributed by atoms with E-state index in [0.717, 1.165) is 31.4 Å². The van der Waals surface area contributed by atoms with Crippen molar-refractivity contribution >= 4 is 11.7 Å². The van der Waals surface area contributed by atoms with E-state index in [0.29, 0.717) is 18.0 Å². The van der Waals surface area contributed by atoms with Gasteiger partial charge >= 0.3 is 6.03 Å². The van der Waals surface area contributed by atoms with E-state index in [2.05, 4.69) is 15.6 Å². The first-order chi connectivity index (χ1) is 13.2. The number of para-hydroxylation sites is 2. The lowest BCUT2D eigenvalue weighted by molar-refractivity contribution is 0.129. The van der Waals surface area contributed by atoms with Gasteiger partial charge in [0.05, 0.1) is 31.6 Å². The first-order valence-corrected chi connectivity index (χ1v) is 9.31. The van der Waals surface area contributed by atoms with Crippen LogP contribution in [0.5, 0.6) is 5.75 Å². The third-order valence-electron chi connectivity index (χ3n) is 5.52. The molecule has 2 bridgehead atoms. The van der Waals surface area contributed by atoms with E-state index in [-0.39, 0.29) is 24.2 Å². The topological polar surface area (TPSA) is 81.5 Å². The second-order valence-corrected chi connectivity index (χ2v) is 7.17. The summed E-state index contributed by atoms with van der Waals surface area (Å²) in [5, 5.41) is 11.4. The number of nitrogens with one attached hydrogen (secondary N) is 1. The van der Waals surface area contributed by atoms with Gasteiger partial charge in [-0.25, -0.2) is 9.48 Å². The summed E-state index contributed by atoms with van der Waals surface area (Å²) in [4.78, 5) is 14.9. The summed E-state index contributed by atoms with van der Waals surface area (Å²) >= 11 is 0. The van der Waals surface area contributed by atoms with Crippen LogP contribution < -0.4 is 10.1 Å². The molecule has 3 heterocycles. The van der Waals surface area contributed by atoms with Gasteiger partial charge in [-0.2, -0.15) is 0 Å². The Hall–Kier alpha value is -2.61. The Morgan fingerprint density at radius 3 is 2.63 bits per heavy atom. The highest BCUT2D eigenvalue weighted by Crippen LogP contribution is 2.41. The van der Waals surface area contributed by atoms with E-state index in [4.69, 9.17) is 9.47 Å². The average Bonchev–Trinajstić information content (AvgIpc) is 3.25. The van der Waals surface area contributed by atoms with Crippen molar-refractivity contribution in [2.45, 2.75) is 50.4 Å². The minimum Gasteiger partial charge on any atom is -0.495 e. The van der Waals surface area contributed by atoms with Gasteiger partial charge in [0.1, 0.15) is 11.4 Å². The predicted molar refractivity (Wildman–Crippen MR) is 99.7 cm³/mol. The predicted octanol–water partition coefficient (Wildman–Crippen LogP) is 2.83. The number of carbonyl (C=O) groups excluding carboxylic acids is 1. The molecule has 4 rings (SSSR count). The van der Waals surface area contributed by atoms with Crippen LogP contribution in [0, 0.1) is 0 Å². The summed E-state index contributed by atoms with van der Waals surface area (Å²) in [6.07, 6.45) is 5.80. The second kappa shape index (κ2) is 7.56.